The highest BCUT2D eigenvalue weighted by molar-refractivity contribution is 5.77. The van der Waals surface area contributed by atoms with Crippen molar-refractivity contribution in [1.82, 2.24) is 10.2 Å². The lowest BCUT2D eigenvalue weighted by Gasteiger charge is -2.42. The van der Waals surface area contributed by atoms with Crippen molar-refractivity contribution in [3.8, 4) is 0 Å². The Morgan fingerprint density at radius 3 is 2.89 bits per heavy atom. The Kier molecular flexibility index (Phi) is 4.62. The Labute approximate surface area is 110 Å². The van der Waals surface area contributed by atoms with E-state index in [0.717, 1.165) is 39.0 Å². The minimum absolute atomic E-state index is 0.242. The highest BCUT2D eigenvalue weighted by Gasteiger charge is 2.34. The molecule has 0 spiro atoms. The summed E-state index contributed by atoms with van der Waals surface area (Å²) < 4.78 is 0. The minimum atomic E-state index is 0.242. The van der Waals surface area contributed by atoms with Gasteiger partial charge in [0.05, 0.1) is 0 Å². The number of nitrogens with one attached hydrogen (secondary N) is 1. The van der Waals surface area contributed by atoms with E-state index < -0.39 is 0 Å². The standard InChI is InChI=1S/C14H27N3O/c1-10(2)12(7-15)9-17-6-5-13-11(8-17)3-4-14(18)16-13/h10-13H,3-9,15H2,1-2H3,(H,16,18). The molecule has 2 rings (SSSR count). The monoisotopic (exact) mass is 253 g/mol. The van der Waals surface area contributed by atoms with Gasteiger partial charge in [0.15, 0.2) is 0 Å². The number of hydrogen-bond donors (Lipinski definition) is 2. The molecule has 2 aliphatic rings. The third-order valence-corrected chi connectivity index (χ3v) is 4.64. The molecule has 0 aromatic heterocycles. The molecule has 4 nitrogen and oxygen atoms in total. The van der Waals surface area contributed by atoms with Crippen molar-refractivity contribution in [3.05, 3.63) is 0 Å². The lowest BCUT2D eigenvalue weighted by Crippen LogP contribution is -2.55. The number of carbonyl (C=O) groups is 1. The van der Waals surface area contributed by atoms with Gasteiger partial charge in [-0.1, -0.05) is 13.8 Å². The van der Waals surface area contributed by atoms with E-state index in [4.69, 9.17) is 5.73 Å². The summed E-state index contributed by atoms with van der Waals surface area (Å²) in [6, 6.07) is 0.429. The first-order valence-corrected chi connectivity index (χ1v) is 7.32. The van der Waals surface area contributed by atoms with Crippen LogP contribution in [0.2, 0.25) is 0 Å². The summed E-state index contributed by atoms with van der Waals surface area (Å²) in [7, 11) is 0. The van der Waals surface area contributed by atoms with Gasteiger partial charge in [0.2, 0.25) is 5.91 Å². The molecule has 1 amide bonds. The highest BCUT2D eigenvalue weighted by Crippen LogP contribution is 2.26. The van der Waals surface area contributed by atoms with Gasteiger partial charge in [0, 0.05) is 32.1 Å². The van der Waals surface area contributed by atoms with E-state index in [0.29, 0.717) is 30.2 Å². The predicted octanol–water partition coefficient (Wildman–Crippen LogP) is 0.818. The quantitative estimate of drug-likeness (QED) is 0.780. The summed E-state index contributed by atoms with van der Waals surface area (Å²) in [4.78, 5) is 13.9. The van der Waals surface area contributed by atoms with Crippen molar-refractivity contribution >= 4 is 5.91 Å². The summed E-state index contributed by atoms with van der Waals surface area (Å²) >= 11 is 0. The number of amides is 1. The summed E-state index contributed by atoms with van der Waals surface area (Å²) in [6.07, 6.45) is 2.87. The van der Waals surface area contributed by atoms with Crippen molar-refractivity contribution in [2.75, 3.05) is 26.2 Å². The van der Waals surface area contributed by atoms with Crippen molar-refractivity contribution in [3.63, 3.8) is 0 Å². The van der Waals surface area contributed by atoms with Crippen molar-refractivity contribution in [2.24, 2.45) is 23.5 Å². The Morgan fingerprint density at radius 2 is 2.22 bits per heavy atom. The Hall–Kier alpha value is -0.610. The van der Waals surface area contributed by atoms with Crippen LogP contribution in [-0.2, 0) is 4.79 Å². The number of nitrogens with two attached hydrogens (primary N) is 1. The van der Waals surface area contributed by atoms with Crippen LogP contribution in [-0.4, -0.2) is 43.0 Å². The second-order valence-corrected chi connectivity index (χ2v) is 6.26. The fourth-order valence-electron chi connectivity index (χ4n) is 3.24. The normalized spacial score (nSPS) is 31.0. The van der Waals surface area contributed by atoms with Crippen LogP contribution in [0.3, 0.4) is 0 Å². The minimum Gasteiger partial charge on any atom is -0.353 e. The van der Waals surface area contributed by atoms with Gasteiger partial charge < -0.3 is 16.0 Å². The number of piperidine rings is 2. The number of hydrogen-bond acceptors (Lipinski definition) is 3. The third-order valence-electron chi connectivity index (χ3n) is 4.64. The average Bonchev–Trinajstić information content (AvgIpc) is 2.35. The van der Waals surface area contributed by atoms with Gasteiger partial charge in [-0.15, -0.1) is 0 Å². The Morgan fingerprint density at radius 1 is 1.44 bits per heavy atom. The topological polar surface area (TPSA) is 58.4 Å². The van der Waals surface area contributed by atoms with Crippen LogP contribution in [0.4, 0.5) is 0 Å². The largest absolute Gasteiger partial charge is 0.353 e. The Bertz CT molecular complexity index is 293. The molecule has 0 aromatic rings. The fraction of sp³-hybridized carbons (Fsp3) is 0.929. The zero-order valence-electron chi connectivity index (χ0n) is 11.7. The Balaban J connectivity index is 1.85. The van der Waals surface area contributed by atoms with Crippen molar-refractivity contribution in [2.45, 2.75) is 39.2 Å². The molecule has 4 heteroatoms. The van der Waals surface area contributed by atoms with E-state index in [2.05, 4.69) is 24.1 Å². The molecule has 3 unspecified atom stereocenters. The van der Waals surface area contributed by atoms with Crippen molar-refractivity contribution in [1.29, 1.82) is 0 Å². The first-order chi connectivity index (χ1) is 8.60. The average molecular weight is 253 g/mol. The lowest BCUT2D eigenvalue weighted by atomic mass is 9.84. The van der Waals surface area contributed by atoms with Gasteiger partial charge in [-0.25, -0.2) is 0 Å². The van der Waals surface area contributed by atoms with E-state index >= 15 is 0 Å². The van der Waals surface area contributed by atoms with Crippen LogP contribution >= 0.6 is 0 Å². The van der Waals surface area contributed by atoms with Crippen LogP contribution in [0.15, 0.2) is 0 Å². The van der Waals surface area contributed by atoms with E-state index in [1.54, 1.807) is 0 Å². The van der Waals surface area contributed by atoms with E-state index in [9.17, 15) is 4.79 Å². The number of nitrogens with zero attached hydrogens (tertiary/aromatic N) is 1. The van der Waals surface area contributed by atoms with Gasteiger partial charge in [0.1, 0.15) is 0 Å². The SMILES string of the molecule is CC(C)C(CN)CN1CCC2NC(=O)CCC2C1. The number of fused-ring (bicyclic) bond motifs is 1. The summed E-state index contributed by atoms with van der Waals surface area (Å²) in [5.74, 6) is 2.15. The fourth-order valence-corrected chi connectivity index (χ4v) is 3.24. The first kappa shape index (κ1) is 13.8. The zero-order chi connectivity index (χ0) is 13.1. The number of carbonyl (C=O) groups excluding carboxylic acids is 1. The molecule has 0 aromatic carbocycles. The second-order valence-electron chi connectivity index (χ2n) is 6.26. The molecule has 2 saturated heterocycles. The maximum atomic E-state index is 11.4. The smallest absolute Gasteiger partial charge is 0.220 e. The molecular weight excluding hydrogens is 226 g/mol. The van der Waals surface area contributed by atoms with E-state index in [1.165, 1.54) is 0 Å². The number of likely N-dealkylation sites (tertiary alicyclic amines) is 1. The predicted molar refractivity (Wildman–Crippen MR) is 73.1 cm³/mol. The van der Waals surface area contributed by atoms with Gasteiger partial charge in [0.25, 0.3) is 0 Å². The van der Waals surface area contributed by atoms with Crippen LogP contribution in [0.25, 0.3) is 0 Å². The van der Waals surface area contributed by atoms with Crippen LogP contribution in [0, 0.1) is 17.8 Å². The van der Waals surface area contributed by atoms with Crippen LogP contribution < -0.4 is 11.1 Å². The summed E-state index contributed by atoms with van der Waals surface area (Å²) in [5, 5.41) is 3.14. The molecule has 0 aliphatic carbocycles. The summed E-state index contributed by atoms with van der Waals surface area (Å²) in [6.45, 7) is 8.64. The molecule has 2 fully saturated rings. The van der Waals surface area contributed by atoms with Gasteiger partial charge in [-0.05, 0) is 37.1 Å². The molecule has 2 heterocycles. The maximum Gasteiger partial charge on any atom is 0.220 e. The molecule has 104 valence electrons. The first-order valence-electron chi connectivity index (χ1n) is 7.32. The molecule has 3 N–H and O–H groups in total. The van der Waals surface area contributed by atoms with Crippen LogP contribution in [0.5, 0.6) is 0 Å². The molecule has 18 heavy (non-hydrogen) atoms. The molecule has 0 saturated carbocycles. The molecule has 0 bridgehead atoms. The van der Waals surface area contributed by atoms with Gasteiger partial charge in [-0.3, -0.25) is 4.79 Å². The van der Waals surface area contributed by atoms with E-state index in [1.807, 2.05) is 0 Å². The third kappa shape index (κ3) is 3.23. The van der Waals surface area contributed by atoms with Crippen molar-refractivity contribution < 1.29 is 4.79 Å². The number of rotatable bonds is 4. The summed E-state index contributed by atoms with van der Waals surface area (Å²) in [5.41, 5.74) is 5.86. The maximum absolute atomic E-state index is 11.4. The van der Waals surface area contributed by atoms with Crippen LogP contribution in [0.1, 0.15) is 33.1 Å². The lowest BCUT2D eigenvalue weighted by molar-refractivity contribution is -0.125. The van der Waals surface area contributed by atoms with E-state index in [-0.39, 0.29) is 5.91 Å². The zero-order valence-corrected chi connectivity index (χ0v) is 11.7. The van der Waals surface area contributed by atoms with Gasteiger partial charge >= 0.3 is 0 Å². The molecular formula is C14H27N3O. The molecule has 0 radical (unpaired) electrons. The highest BCUT2D eigenvalue weighted by atomic mass is 16.1. The molecule has 3 atom stereocenters. The second kappa shape index (κ2) is 6.02. The van der Waals surface area contributed by atoms with Gasteiger partial charge in [-0.2, -0.15) is 0 Å². The molecule has 2 aliphatic heterocycles.